The number of nitrogens with one attached hydrogen (secondary N) is 1. The second-order valence-electron chi connectivity index (χ2n) is 5.82. The number of carboxylic acids is 1. The quantitative estimate of drug-likeness (QED) is 0.761. The molecule has 1 aliphatic rings. The maximum atomic E-state index is 12.0. The highest BCUT2D eigenvalue weighted by atomic mass is 32.2. The van der Waals surface area contributed by atoms with Crippen LogP contribution >= 0.6 is 11.8 Å². The SMILES string of the molecule is CC1CCC(CCC(=O)Nc2cccc(CSCC(=O)O)c2)O1. The molecular weight excluding hydrogens is 314 g/mol. The fourth-order valence-corrected chi connectivity index (χ4v) is 3.30. The molecule has 0 aliphatic carbocycles. The van der Waals surface area contributed by atoms with Gasteiger partial charge in [0.2, 0.25) is 5.91 Å². The first-order valence-electron chi connectivity index (χ1n) is 7.86. The smallest absolute Gasteiger partial charge is 0.313 e. The maximum Gasteiger partial charge on any atom is 0.313 e. The standard InChI is InChI=1S/C17H23NO4S/c1-12-5-6-15(22-12)7-8-16(19)18-14-4-2-3-13(9-14)10-23-11-17(20)21/h2-4,9,12,15H,5-8,10-11H2,1H3,(H,18,19)(H,20,21). The normalized spacial score (nSPS) is 20.4. The van der Waals surface area contributed by atoms with Gasteiger partial charge < -0.3 is 15.2 Å². The van der Waals surface area contributed by atoms with E-state index in [-0.39, 0.29) is 17.8 Å². The summed E-state index contributed by atoms with van der Waals surface area (Å²) < 4.78 is 5.71. The van der Waals surface area contributed by atoms with Gasteiger partial charge in [0.1, 0.15) is 0 Å². The Bertz CT molecular complexity index is 549. The van der Waals surface area contributed by atoms with E-state index >= 15 is 0 Å². The molecule has 1 fully saturated rings. The third-order valence-electron chi connectivity index (χ3n) is 3.72. The van der Waals surface area contributed by atoms with Gasteiger partial charge in [-0.2, -0.15) is 0 Å². The highest BCUT2D eigenvalue weighted by molar-refractivity contribution is 7.99. The molecule has 1 saturated heterocycles. The lowest BCUT2D eigenvalue weighted by Gasteiger charge is -2.11. The van der Waals surface area contributed by atoms with Crippen LogP contribution in [0.15, 0.2) is 24.3 Å². The van der Waals surface area contributed by atoms with Crippen molar-refractivity contribution in [1.82, 2.24) is 0 Å². The summed E-state index contributed by atoms with van der Waals surface area (Å²) in [6.07, 6.45) is 3.82. The predicted octanol–water partition coefficient (Wildman–Crippen LogP) is 3.29. The van der Waals surface area contributed by atoms with Gasteiger partial charge in [0.05, 0.1) is 18.0 Å². The Labute approximate surface area is 140 Å². The van der Waals surface area contributed by atoms with E-state index in [2.05, 4.69) is 12.2 Å². The summed E-state index contributed by atoms with van der Waals surface area (Å²) in [5.74, 6) is -0.133. The molecule has 2 rings (SSSR count). The van der Waals surface area contributed by atoms with Crippen LogP contribution in [-0.4, -0.2) is 34.9 Å². The average molecular weight is 337 g/mol. The second kappa shape index (κ2) is 8.93. The molecule has 2 N–H and O–H groups in total. The molecule has 1 aliphatic heterocycles. The molecule has 0 spiro atoms. The van der Waals surface area contributed by atoms with E-state index in [1.165, 1.54) is 11.8 Å². The highest BCUT2D eigenvalue weighted by Gasteiger charge is 2.22. The van der Waals surface area contributed by atoms with Crippen LogP contribution in [0.4, 0.5) is 5.69 Å². The van der Waals surface area contributed by atoms with Gasteiger partial charge in [-0.1, -0.05) is 12.1 Å². The number of carbonyl (C=O) groups excluding carboxylic acids is 1. The first-order valence-corrected chi connectivity index (χ1v) is 9.02. The van der Waals surface area contributed by atoms with Crippen LogP contribution < -0.4 is 5.32 Å². The summed E-state index contributed by atoms with van der Waals surface area (Å²) in [5.41, 5.74) is 1.76. The van der Waals surface area contributed by atoms with Gasteiger partial charge in [0.25, 0.3) is 0 Å². The van der Waals surface area contributed by atoms with E-state index in [0.29, 0.717) is 18.3 Å². The number of rotatable bonds is 8. The number of aliphatic carboxylic acids is 1. The number of hydrogen-bond acceptors (Lipinski definition) is 4. The van der Waals surface area contributed by atoms with Gasteiger partial charge in [-0.05, 0) is 43.9 Å². The van der Waals surface area contributed by atoms with E-state index in [1.54, 1.807) is 0 Å². The summed E-state index contributed by atoms with van der Waals surface area (Å²) in [6.45, 7) is 2.06. The van der Waals surface area contributed by atoms with Crippen LogP contribution in [0.5, 0.6) is 0 Å². The largest absolute Gasteiger partial charge is 0.481 e. The summed E-state index contributed by atoms with van der Waals surface area (Å²) in [7, 11) is 0. The molecule has 126 valence electrons. The Kier molecular flexibility index (Phi) is 6.92. The van der Waals surface area contributed by atoms with Crippen LogP contribution in [0.2, 0.25) is 0 Å². The molecule has 2 atom stereocenters. The zero-order chi connectivity index (χ0) is 16.7. The van der Waals surface area contributed by atoms with E-state index in [9.17, 15) is 9.59 Å². The number of hydrogen-bond donors (Lipinski definition) is 2. The minimum absolute atomic E-state index is 0.0107. The van der Waals surface area contributed by atoms with Crippen LogP contribution in [0.1, 0.15) is 38.2 Å². The van der Waals surface area contributed by atoms with Crippen molar-refractivity contribution in [3.63, 3.8) is 0 Å². The Morgan fingerprint density at radius 1 is 1.39 bits per heavy atom. The van der Waals surface area contributed by atoms with E-state index < -0.39 is 5.97 Å². The number of thioether (sulfide) groups is 1. The van der Waals surface area contributed by atoms with Crippen molar-refractivity contribution in [2.24, 2.45) is 0 Å². The summed E-state index contributed by atoms with van der Waals surface area (Å²) >= 11 is 1.34. The number of amides is 1. The van der Waals surface area contributed by atoms with Gasteiger partial charge in [-0.3, -0.25) is 9.59 Å². The summed E-state index contributed by atoms with van der Waals surface area (Å²) in [5, 5.41) is 11.5. The third-order valence-corrected chi connectivity index (χ3v) is 4.71. The molecule has 23 heavy (non-hydrogen) atoms. The Morgan fingerprint density at radius 3 is 2.91 bits per heavy atom. The maximum absolute atomic E-state index is 12.0. The van der Waals surface area contributed by atoms with Gasteiger partial charge >= 0.3 is 5.97 Å². The van der Waals surface area contributed by atoms with Gasteiger partial charge in [-0.15, -0.1) is 11.8 Å². The Balaban J connectivity index is 1.75. The van der Waals surface area contributed by atoms with Gasteiger partial charge in [-0.25, -0.2) is 0 Å². The lowest BCUT2D eigenvalue weighted by Crippen LogP contribution is -2.16. The minimum Gasteiger partial charge on any atom is -0.481 e. The molecule has 0 aromatic heterocycles. The second-order valence-corrected chi connectivity index (χ2v) is 6.81. The fourth-order valence-electron chi connectivity index (χ4n) is 2.61. The minimum atomic E-state index is -0.817. The lowest BCUT2D eigenvalue weighted by molar-refractivity contribution is -0.133. The highest BCUT2D eigenvalue weighted by Crippen LogP contribution is 2.23. The number of anilines is 1. The predicted molar refractivity (Wildman–Crippen MR) is 91.7 cm³/mol. The van der Waals surface area contributed by atoms with Gasteiger partial charge in [0, 0.05) is 17.9 Å². The van der Waals surface area contributed by atoms with Crippen molar-refractivity contribution in [3.05, 3.63) is 29.8 Å². The monoisotopic (exact) mass is 337 g/mol. The number of ether oxygens (including phenoxy) is 1. The van der Waals surface area contributed by atoms with E-state index in [1.807, 2.05) is 24.3 Å². The Morgan fingerprint density at radius 2 is 2.22 bits per heavy atom. The lowest BCUT2D eigenvalue weighted by atomic mass is 10.1. The van der Waals surface area contributed by atoms with Crippen molar-refractivity contribution < 1.29 is 19.4 Å². The van der Waals surface area contributed by atoms with Crippen molar-refractivity contribution >= 4 is 29.3 Å². The van der Waals surface area contributed by atoms with E-state index in [4.69, 9.17) is 9.84 Å². The molecule has 1 amide bonds. The molecule has 0 bridgehead atoms. The molecule has 0 radical (unpaired) electrons. The molecule has 2 unspecified atom stereocenters. The van der Waals surface area contributed by atoms with Crippen LogP contribution in [0.25, 0.3) is 0 Å². The molecule has 1 aromatic rings. The molecule has 1 heterocycles. The van der Waals surface area contributed by atoms with Gasteiger partial charge in [0.15, 0.2) is 0 Å². The number of carbonyl (C=O) groups is 2. The third kappa shape index (κ3) is 6.62. The van der Waals surface area contributed by atoms with E-state index in [0.717, 1.165) is 30.5 Å². The van der Waals surface area contributed by atoms with Crippen molar-refractivity contribution in [1.29, 1.82) is 0 Å². The first kappa shape index (κ1) is 17.8. The van der Waals surface area contributed by atoms with Crippen LogP contribution in [0.3, 0.4) is 0 Å². The summed E-state index contributed by atoms with van der Waals surface area (Å²) in [4.78, 5) is 22.5. The first-order chi connectivity index (χ1) is 11.0. The molecule has 0 saturated carbocycles. The topological polar surface area (TPSA) is 75.6 Å². The average Bonchev–Trinajstić information content (AvgIpc) is 2.91. The van der Waals surface area contributed by atoms with Crippen LogP contribution in [-0.2, 0) is 20.1 Å². The fraction of sp³-hybridized carbons (Fsp3) is 0.529. The van der Waals surface area contributed by atoms with Crippen molar-refractivity contribution in [3.8, 4) is 0 Å². The summed E-state index contributed by atoms with van der Waals surface area (Å²) in [6, 6.07) is 7.53. The van der Waals surface area contributed by atoms with Crippen molar-refractivity contribution in [2.75, 3.05) is 11.1 Å². The van der Waals surface area contributed by atoms with Crippen molar-refractivity contribution in [2.45, 2.75) is 50.6 Å². The van der Waals surface area contributed by atoms with Crippen LogP contribution in [0, 0.1) is 0 Å². The molecular formula is C17H23NO4S. The Hall–Kier alpha value is -1.53. The molecule has 6 heteroatoms. The number of carboxylic acid groups (broad SMARTS) is 1. The zero-order valence-electron chi connectivity index (χ0n) is 13.3. The number of benzene rings is 1. The molecule has 1 aromatic carbocycles. The molecule has 5 nitrogen and oxygen atoms in total. The zero-order valence-corrected chi connectivity index (χ0v) is 14.1.